The number of carbonyl (C=O) groups excluding carboxylic acids is 1. The molecule has 1 saturated carbocycles. The summed E-state index contributed by atoms with van der Waals surface area (Å²) in [5.74, 6) is 0.154. The van der Waals surface area contributed by atoms with Gasteiger partial charge in [0.15, 0.2) is 0 Å². The van der Waals surface area contributed by atoms with Gasteiger partial charge in [-0.25, -0.2) is 0 Å². The van der Waals surface area contributed by atoms with Gasteiger partial charge in [0.25, 0.3) is 0 Å². The van der Waals surface area contributed by atoms with Crippen molar-refractivity contribution < 1.29 is 4.79 Å². The highest BCUT2D eigenvalue weighted by atomic mass is 16.2. The van der Waals surface area contributed by atoms with E-state index in [4.69, 9.17) is 0 Å². The molecule has 1 N–H and O–H groups in total. The van der Waals surface area contributed by atoms with E-state index in [2.05, 4.69) is 27.4 Å². The minimum Gasteiger partial charge on any atom is -0.352 e. The molecule has 1 aliphatic heterocycles. The lowest BCUT2D eigenvalue weighted by Gasteiger charge is -2.40. The SMILES string of the molecule is O=C(NC1CC1)[C@@H](c1ccccc1)N1CCCC[C@H]1Cn1cccn1. The first-order valence-corrected chi connectivity index (χ1v) is 9.40. The Balaban J connectivity index is 1.59. The van der Waals surface area contributed by atoms with Crippen LogP contribution in [0.2, 0.25) is 0 Å². The number of hydrogen-bond acceptors (Lipinski definition) is 3. The zero-order valence-corrected chi connectivity index (χ0v) is 14.6. The highest BCUT2D eigenvalue weighted by Gasteiger charge is 2.36. The molecule has 1 aliphatic carbocycles. The number of aromatic nitrogens is 2. The van der Waals surface area contributed by atoms with E-state index in [-0.39, 0.29) is 11.9 Å². The van der Waals surface area contributed by atoms with Crippen LogP contribution in [0, 0.1) is 0 Å². The van der Waals surface area contributed by atoms with E-state index in [1.807, 2.05) is 41.3 Å². The van der Waals surface area contributed by atoms with Gasteiger partial charge >= 0.3 is 0 Å². The summed E-state index contributed by atoms with van der Waals surface area (Å²) in [5, 5.41) is 7.60. The van der Waals surface area contributed by atoms with Crippen molar-refractivity contribution in [3.63, 3.8) is 0 Å². The zero-order chi connectivity index (χ0) is 17.1. The molecule has 25 heavy (non-hydrogen) atoms. The molecular weight excluding hydrogens is 312 g/mol. The average Bonchev–Trinajstić information content (AvgIpc) is 3.30. The number of nitrogens with one attached hydrogen (secondary N) is 1. The normalized spacial score (nSPS) is 22.5. The van der Waals surface area contributed by atoms with Crippen molar-refractivity contribution in [2.24, 2.45) is 0 Å². The van der Waals surface area contributed by atoms with Crippen LogP contribution in [0.4, 0.5) is 0 Å². The molecule has 0 spiro atoms. The van der Waals surface area contributed by atoms with Crippen LogP contribution >= 0.6 is 0 Å². The predicted octanol–water partition coefficient (Wildman–Crippen LogP) is 2.76. The van der Waals surface area contributed by atoms with Gasteiger partial charge in [-0.15, -0.1) is 0 Å². The Morgan fingerprint density at radius 3 is 2.72 bits per heavy atom. The lowest BCUT2D eigenvalue weighted by Crippen LogP contribution is -2.49. The van der Waals surface area contributed by atoms with Gasteiger partial charge in [0.2, 0.25) is 5.91 Å². The lowest BCUT2D eigenvalue weighted by atomic mass is 9.95. The summed E-state index contributed by atoms with van der Waals surface area (Å²) in [6.07, 6.45) is 9.54. The van der Waals surface area contributed by atoms with E-state index in [1.54, 1.807) is 0 Å². The van der Waals surface area contributed by atoms with Crippen LogP contribution in [0.3, 0.4) is 0 Å². The Kier molecular flexibility index (Phi) is 4.83. The minimum atomic E-state index is -0.206. The number of benzene rings is 1. The molecule has 1 saturated heterocycles. The Morgan fingerprint density at radius 1 is 1.16 bits per heavy atom. The van der Waals surface area contributed by atoms with Gasteiger partial charge in [0.1, 0.15) is 6.04 Å². The molecule has 0 bridgehead atoms. The Bertz CT molecular complexity index is 681. The van der Waals surface area contributed by atoms with E-state index in [0.717, 1.165) is 44.3 Å². The van der Waals surface area contributed by atoms with E-state index in [1.165, 1.54) is 6.42 Å². The Labute approximate surface area is 149 Å². The van der Waals surface area contributed by atoms with Crippen molar-refractivity contribution in [3.8, 4) is 0 Å². The second-order valence-electron chi connectivity index (χ2n) is 7.21. The molecule has 2 atom stereocenters. The Hall–Kier alpha value is -2.14. The van der Waals surface area contributed by atoms with E-state index >= 15 is 0 Å². The second kappa shape index (κ2) is 7.40. The molecule has 2 heterocycles. The van der Waals surface area contributed by atoms with Gasteiger partial charge in [-0.2, -0.15) is 5.10 Å². The first kappa shape index (κ1) is 16.3. The van der Waals surface area contributed by atoms with Gasteiger partial charge in [-0.1, -0.05) is 36.8 Å². The highest BCUT2D eigenvalue weighted by molar-refractivity contribution is 5.83. The molecule has 2 aliphatic rings. The van der Waals surface area contributed by atoms with Crippen molar-refractivity contribution >= 4 is 5.91 Å². The molecule has 2 fully saturated rings. The molecule has 1 amide bonds. The molecular formula is C20H26N4O. The number of hydrogen-bond donors (Lipinski definition) is 1. The third kappa shape index (κ3) is 3.93. The van der Waals surface area contributed by atoms with Gasteiger partial charge in [-0.05, 0) is 43.9 Å². The largest absolute Gasteiger partial charge is 0.352 e. The van der Waals surface area contributed by atoms with Gasteiger partial charge in [0, 0.05) is 24.5 Å². The average molecular weight is 338 g/mol. The maximum atomic E-state index is 13.1. The molecule has 2 aromatic rings. The van der Waals surface area contributed by atoms with Crippen molar-refractivity contribution in [2.75, 3.05) is 6.54 Å². The van der Waals surface area contributed by atoms with Crippen LogP contribution in [0.5, 0.6) is 0 Å². The van der Waals surface area contributed by atoms with Crippen LogP contribution in [0.25, 0.3) is 0 Å². The third-order valence-electron chi connectivity index (χ3n) is 5.25. The minimum absolute atomic E-state index is 0.154. The summed E-state index contributed by atoms with van der Waals surface area (Å²) in [5.41, 5.74) is 1.09. The Morgan fingerprint density at radius 2 is 2.00 bits per heavy atom. The molecule has 5 heteroatoms. The van der Waals surface area contributed by atoms with Crippen LogP contribution in [0.15, 0.2) is 48.8 Å². The molecule has 132 valence electrons. The fraction of sp³-hybridized carbons (Fsp3) is 0.500. The monoisotopic (exact) mass is 338 g/mol. The molecule has 0 radical (unpaired) electrons. The van der Waals surface area contributed by atoms with Crippen molar-refractivity contribution in [2.45, 2.75) is 56.8 Å². The molecule has 4 rings (SSSR count). The van der Waals surface area contributed by atoms with Crippen LogP contribution < -0.4 is 5.32 Å². The number of likely N-dealkylation sites (tertiary alicyclic amines) is 1. The number of amides is 1. The first-order valence-electron chi connectivity index (χ1n) is 9.40. The quantitative estimate of drug-likeness (QED) is 0.881. The van der Waals surface area contributed by atoms with Crippen LogP contribution in [-0.2, 0) is 11.3 Å². The van der Waals surface area contributed by atoms with Crippen LogP contribution in [-0.4, -0.2) is 39.2 Å². The smallest absolute Gasteiger partial charge is 0.242 e. The fourth-order valence-electron chi connectivity index (χ4n) is 3.82. The number of rotatable bonds is 6. The molecule has 1 aromatic heterocycles. The standard InChI is InChI=1S/C20H26N4O/c25-20(22-17-10-11-17)19(16-7-2-1-3-8-16)24-14-5-4-9-18(24)15-23-13-6-12-21-23/h1-3,6-8,12-13,17-19H,4-5,9-11,14-15H2,(H,22,25)/t18-,19+/m0/s1. The summed E-state index contributed by atoms with van der Waals surface area (Å²) in [7, 11) is 0. The molecule has 5 nitrogen and oxygen atoms in total. The maximum Gasteiger partial charge on any atom is 0.242 e. The van der Waals surface area contributed by atoms with Gasteiger partial charge in [-0.3, -0.25) is 14.4 Å². The van der Waals surface area contributed by atoms with E-state index in [9.17, 15) is 4.79 Å². The van der Waals surface area contributed by atoms with Crippen molar-refractivity contribution in [1.29, 1.82) is 0 Å². The molecule has 0 unspecified atom stereocenters. The predicted molar refractivity (Wildman–Crippen MR) is 96.9 cm³/mol. The fourth-order valence-corrected chi connectivity index (χ4v) is 3.82. The highest BCUT2D eigenvalue weighted by Crippen LogP contribution is 2.31. The zero-order valence-electron chi connectivity index (χ0n) is 14.6. The number of piperidine rings is 1. The topological polar surface area (TPSA) is 50.2 Å². The van der Waals surface area contributed by atoms with Crippen LogP contribution in [0.1, 0.15) is 43.7 Å². The lowest BCUT2D eigenvalue weighted by molar-refractivity contribution is -0.128. The summed E-state index contributed by atoms with van der Waals surface area (Å²) < 4.78 is 1.99. The summed E-state index contributed by atoms with van der Waals surface area (Å²) in [6, 6.07) is 12.7. The van der Waals surface area contributed by atoms with E-state index in [0.29, 0.717) is 12.1 Å². The summed E-state index contributed by atoms with van der Waals surface area (Å²) >= 11 is 0. The third-order valence-corrected chi connectivity index (χ3v) is 5.25. The summed E-state index contributed by atoms with van der Waals surface area (Å²) in [6.45, 7) is 1.80. The number of nitrogens with zero attached hydrogens (tertiary/aromatic N) is 3. The van der Waals surface area contributed by atoms with Gasteiger partial charge in [0.05, 0.1) is 6.54 Å². The van der Waals surface area contributed by atoms with Crippen molar-refractivity contribution in [3.05, 3.63) is 54.4 Å². The summed E-state index contributed by atoms with van der Waals surface area (Å²) in [4.78, 5) is 15.5. The van der Waals surface area contributed by atoms with E-state index < -0.39 is 0 Å². The second-order valence-corrected chi connectivity index (χ2v) is 7.21. The first-order chi connectivity index (χ1) is 12.3. The van der Waals surface area contributed by atoms with Crippen molar-refractivity contribution in [1.82, 2.24) is 20.0 Å². The maximum absolute atomic E-state index is 13.1. The number of carbonyl (C=O) groups is 1. The molecule has 1 aromatic carbocycles. The van der Waals surface area contributed by atoms with Gasteiger partial charge < -0.3 is 5.32 Å².